The minimum Gasteiger partial charge on any atom is -0.457 e. The summed E-state index contributed by atoms with van der Waals surface area (Å²) in [6, 6.07) is 0. The molecule has 0 bridgehead atoms. The van der Waals surface area contributed by atoms with Crippen LogP contribution >= 0.6 is 0 Å². The SMILES string of the molecule is C=CC(=O)OCC1=COC(C)(CC)O1. The second kappa shape index (κ2) is 4.17. The van der Waals surface area contributed by atoms with Gasteiger partial charge >= 0.3 is 5.97 Å². The zero-order valence-corrected chi connectivity index (χ0v) is 8.41. The Morgan fingerprint density at radius 3 is 3.00 bits per heavy atom. The summed E-state index contributed by atoms with van der Waals surface area (Å²) >= 11 is 0. The van der Waals surface area contributed by atoms with Crippen LogP contribution in [0.25, 0.3) is 0 Å². The fourth-order valence-electron chi connectivity index (χ4n) is 0.936. The lowest BCUT2D eigenvalue weighted by atomic mass is 10.2. The van der Waals surface area contributed by atoms with Gasteiger partial charge in [-0.25, -0.2) is 4.79 Å². The Morgan fingerprint density at radius 1 is 1.79 bits per heavy atom. The normalized spacial score (nSPS) is 24.6. The van der Waals surface area contributed by atoms with Crippen LogP contribution in [0.5, 0.6) is 0 Å². The van der Waals surface area contributed by atoms with E-state index in [0.29, 0.717) is 5.76 Å². The molecule has 0 N–H and O–H groups in total. The Labute approximate surface area is 83.1 Å². The third-order valence-corrected chi connectivity index (χ3v) is 1.95. The van der Waals surface area contributed by atoms with Gasteiger partial charge in [-0.1, -0.05) is 13.5 Å². The third kappa shape index (κ3) is 2.52. The van der Waals surface area contributed by atoms with E-state index >= 15 is 0 Å². The molecule has 0 aliphatic carbocycles. The highest BCUT2D eigenvalue weighted by Crippen LogP contribution is 2.27. The van der Waals surface area contributed by atoms with Crippen molar-refractivity contribution < 1.29 is 19.0 Å². The van der Waals surface area contributed by atoms with Crippen molar-refractivity contribution in [2.45, 2.75) is 26.1 Å². The van der Waals surface area contributed by atoms with Crippen molar-refractivity contribution in [1.82, 2.24) is 0 Å². The molecule has 1 unspecified atom stereocenters. The maximum Gasteiger partial charge on any atom is 0.330 e. The minimum atomic E-state index is -0.615. The molecule has 1 heterocycles. The van der Waals surface area contributed by atoms with Crippen molar-refractivity contribution in [1.29, 1.82) is 0 Å². The van der Waals surface area contributed by atoms with E-state index in [0.717, 1.165) is 12.5 Å². The molecule has 0 fully saturated rings. The summed E-state index contributed by atoms with van der Waals surface area (Å²) in [5, 5.41) is 0. The van der Waals surface area contributed by atoms with Gasteiger partial charge in [0.2, 0.25) is 5.79 Å². The number of hydrogen-bond donors (Lipinski definition) is 0. The molecule has 0 aromatic carbocycles. The van der Waals surface area contributed by atoms with Crippen LogP contribution in [0.4, 0.5) is 0 Å². The standard InChI is InChI=1S/C10H14O4/c1-4-9(11)12-6-8-7-13-10(3,5-2)14-8/h4,7H,1,5-6H2,2-3H3. The predicted octanol–water partition coefficient (Wildman–Crippen LogP) is 1.73. The van der Waals surface area contributed by atoms with E-state index < -0.39 is 11.8 Å². The molecule has 0 spiro atoms. The lowest BCUT2D eigenvalue weighted by Gasteiger charge is -2.21. The van der Waals surface area contributed by atoms with E-state index in [9.17, 15) is 4.79 Å². The van der Waals surface area contributed by atoms with Gasteiger partial charge in [-0.15, -0.1) is 0 Å². The summed E-state index contributed by atoms with van der Waals surface area (Å²) < 4.78 is 15.5. The first-order chi connectivity index (χ1) is 6.59. The van der Waals surface area contributed by atoms with Crippen molar-refractivity contribution >= 4 is 5.97 Å². The monoisotopic (exact) mass is 198 g/mol. The van der Waals surface area contributed by atoms with Gasteiger partial charge in [0.25, 0.3) is 0 Å². The van der Waals surface area contributed by atoms with Crippen LogP contribution in [-0.2, 0) is 19.0 Å². The fraction of sp³-hybridized carbons (Fsp3) is 0.500. The molecule has 0 amide bonds. The lowest BCUT2D eigenvalue weighted by Crippen LogP contribution is -2.25. The van der Waals surface area contributed by atoms with E-state index in [4.69, 9.17) is 14.2 Å². The van der Waals surface area contributed by atoms with E-state index in [1.165, 1.54) is 6.26 Å². The van der Waals surface area contributed by atoms with Crippen LogP contribution in [0, 0.1) is 0 Å². The van der Waals surface area contributed by atoms with Crippen LogP contribution in [0.2, 0.25) is 0 Å². The van der Waals surface area contributed by atoms with Crippen molar-refractivity contribution in [2.75, 3.05) is 6.61 Å². The molecule has 0 saturated carbocycles. The Hall–Kier alpha value is -1.45. The topological polar surface area (TPSA) is 44.8 Å². The van der Waals surface area contributed by atoms with Gasteiger partial charge in [-0.05, 0) is 0 Å². The van der Waals surface area contributed by atoms with Crippen molar-refractivity contribution in [3.8, 4) is 0 Å². The van der Waals surface area contributed by atoms with E-state index in [2.05, 4.69) is 6.58 Å². The number of hydrogen-bond acceptors (Lipinski definition) is 4. The largest absolute Gasteiger partial charge is 0.457 e. The molecule has 78 valence electrons. The highest BCUT2D eigenvalue weighted by Gasteiger charge is 2.31. The number of ether oxygens (including phenoxy) is 3. The number of carbonyl (C=O) groups excluding carboxylic acids is 1. The average molecular weight is 198 g/mol. The Bertz CT molecular complexity index is 269. The van der Waals surface area contributed by atoms with Crippen LogP contribution in [0.1, 0.15) is 20.3 Å². The van der Waals surface area contributed by atoms with Gasteiger partial charge < -0.3 is 14.2 Å². The Kier molecular flexibility index (Phi) is 3.17. The third-order valence-electron chi connectivity index (χ3n) is 1.95. The van der Waals surface area contributed by atoms with Gasteiger partial charge in [0.1, 0.15) is 6.26 Å². The van der Waals surface area contributed by atoms with Crippen LogP contribution in [0.15, 0.2) is 24.7 Å². The molecule has 1 aliphatic rings. The minimum absolute atomic E-state index is 0.0838. The summed E-state index contributed by atoms with van der Waals surface area (Å²) in [6.07, 6.45) is 3.30. The van der Waals surface area contributed by atoms with E-state index in [-0.39, 0.29) is 6.61 Å². The van der Waals surface area contributed by atoms with Crippen molar-refractivity contribution in [3.05, 3.63) is 24.7 Å². The summed E-state index contributed by atoms with van der Waals surface area (Å²) in [5.41, 5.74) is 0. The first-order valence-corrected chi connectivity index (χ1v) is 4.44. The predicted molar refractivity (Wildman–Crippen MR) is 50.1 cm³/mol. The first-order valence-electron chi connectivity index (χ1n) is 4.44. The summed E-state index contributed by atoms with van der Waals surface area (Å²) in [5.74, 6) is -0.570. The number of carbonyl (C=O) groups is 1. The van der Waals surface area contributed by atoms with E-state index in [1.54, 1.807) is 0 Å². The molecular weight excluding hydrogens is 184 g/mol. The summed E-state index contributed by atoms with van der Waals surface area (Å²) in [4.78, 5) is 10.7. The highest BCUT2D eigenvalue weighted by atomic mass is 16.7. The summed E-state index contributed by atoms with van der Waals surface area (Å²) in [7, 11) is 0. The lowest BCUT2D eigenvalue weighted by molar-refractivity contribution is -0.148. The second-order valence-electron chi connectivity index (χ2n) is 3.10. The van der Waals surface area contributed by atoms with Gasteiger partial charge in [-0.3, -0.25) is 0 Å². The molecule has 14 heavy (non-hydrogen) atoms. The summed E-state index contributed by atoms with van der Waals surface area (Å²) in [6.45, 7) is 7.14. The average Bonchev–Trinajstić information content (AvgIpc) is 2.58. The van der Waals surface area contributed by atoms with Crippen LogP contribution < -0.4 is 0 Å². The van der Waals surface area contributed by atoms with Gasteiger partial charge in [0, 0.05) is 19.4 Å². The molecule has 1 aliphatic heterocycles. The smallest absolute Gasteiger partial charge is 0.330 e. The molecule has 0 saturated heterocycles. The van der Waals surface area contributed by atoms with Crippen LogP contribution in [0.3, 0.4) is 0 Å². The molecule has 0 aromatic rings. The zero-order valence-electron chi connectivity index (χ0n) is 8.41. The fourth-order valence-corrected chi connectivity index (χ4v) is 0.936. The second-order valence-corrected chi connectivity index (χ2v) is 3.10. The number of esters is 1. The molecule has 0 radical (unpaired) electrons. The molecule has 1 rings (SSSR count). The zero-order chi connectivity index (χ0) is 10.6. The van der Waals surface area contributed by atoms with Gasteiger partial charge in [0.15, 0.2) is 12.4 Å². The molecule has 0 aromatic heterocycles. The maximum atomic E-state index is 10.7. The van der Waals surface area contributed by atoms with Crippen molar-refractivity contribution in [3.63, 3.8) is 0 Å². The van der Waals surface area contributed by atoms with Crippen LogP contribution in [-0.4, -0.2) is 18.4 Å². The maximum absolute atomic E-state index is 10.7. The molecule has 1 atom stereocenters. The molecule has 4 nitrogen and oxygen atoms in total. The first kappa shape index (κ1) is 10.6. The van der Waals surface area contributed by atoms with Gasteiger partial charge in [0.05, 0.1) is 0 Å². The molecular formula is C10H14O4. The number of rotatable bonds is 4. The Balaban J connectivity index is 2.36. The Morgan fingerprint density at radius 2 is 2.50 bits per heavy atom. The highest BCUT2D eigenvalue weighted by molar-refractivity contribution is 5.81. The quantitative estimate of drug-likeness (QED) is 0.509. The molecule has 4 heteroatoms. The van der Waals surface area contributed by atoms with E-state index in [1.807, 2.05) is 13.8 Å². The van der Waals surface area contributed by atoms with Gasteiger partial charge in [-0.2, -0.15) is 0 Å². The van der Waals surface area contributed by atoms with Crippen molar-refractivity contribution in [2.24, 2.45) is 0 Å².